The molecule has 0 spiro atoms. The number of hydrogen-bond acceptors (Lipinski definition) is 5. The van der Waals surface area contributed by atoms with E-state index in [2.05, 4.69) is 44.8 Å². The highest BCUT2D eigenvalue weighted by atomic mass is 16.3. The second-order valence-corrected chi connectivity index (χ2v) is 6.56. The first-order chi connectivity index (χ1) is 13.3. The molecule has 1 aromatic carbocycles. The summed E-state index contributed by atoms with van der Waals surface area (Å²) in [6.45, 7) is 2.62. The van der Waals surface area contributed by atoms with Crippen LogP contribution < -0.4 is 15.5 Å². The Morgan fingerprint density at radius 2 is 1.81 bits per heavy atom. The predicted molar refractivity (Wildman–Crippen MR) is 105 cm³/mol. The van der Waals surface area contributed by atoms with Crippen molar-refractivity contribution in [2.75, 3.05) is 23.3 Å². The van der Waals surface area contributed by atoms with E-state index in [4.69, 9.17) is 4.42 Å². The number of rotatable bonds is 6. The molecule has 2 N–H and O–H groups in total. The molecule has 0 atom stereocenters. The topological polar surface area (TPSA) is 70.4 Å². The minimum absolute atomic E-state index is 0.229. The van der Waals surface area contributed by atoms with Gasteiger partial charge in [-0.15, -0.1) is 0 Å². The van der Waals surface area contributed by atoms with Crippen molar-refractivity contribution in [2.45, 2.75) is 19.4 Å². The molecule has 0 bridgehead atoms. The molecule has 3 aromatic rings. The number of nitrogens with one attached hydrogen (secondary N) is 2. The molecule has 27 heavy (non-hydrogen) atoms. The van der Waals surface area contributed by atoms with E-state index in [1.165, 1.54) is 18.5 Å². The molecule has 2 aromatic heterocycles. The first-order valence-corrected chi connectivity index (χ1v) is 9.16. The van der Waals surface area contributed by atoms with E-state index in [1.807, 2.05) is 12.1 Å². The second-order valence-electron chi connectivity index (χ2n) is 6.56. The normalized spacial score (nSPS) is 13.6. The fraction of sp³-hybridized carbons (Fsp3) is 0.238. The van der Waals surface area contributed by atoms with Gasteiger partial charge >= 0.3 is 0 Å². The molecule has 0 saturated carbocycles. The molecule has 6 nitrogen and oxygen atoms in total. The zero-order chi connectivity index (χ0) is 18.5. The van der Waals surface area contributed by atoms with E-state index in [1.54, 1.807) is 24.6 Å². The number of nitrogens with zero attached hydrogens (tertiary/aromatic N) is 2. The van der Waals surface area contributed by atoms with E-state index in [0.717, 1.165) is 24.5 Å². The number of benzene rings is 1. The van der Waals surface area contributed by atoms with Crippen LogP contribution in [0.4, 0.5) is 17.1 Å². The summed E-state index contributed by atoms with van der Waals surface area (Å²) in [4.78, 5) is 18.8. The minimum atomic E-state index is -0.229. The summed E-state index contributed by atoms with van der Waals surface area (Å²) < 4.78 is 5.20. The van der Waals surface area contributed by atoms with Gasteiger partial charge in [-0.1, -0.05) is 0 Å². The number of furan rings is 1. The predicted octanol–water partition coefficient (Wildman–Crippen LogP) is 3.95. The van der Waals surface area contributed by atoms with Crippen molar-refractivity contribution in [3.8, 4) is 0 Å². The Morgan fingerprint density at radius 3 is 2.48 bits per heavy atom. The molecular weight excluding hydrogens is 340 g/mol. The van der Waals surface area contributed by atoms with Gasteiger partial charge in [0.15, 0.2) is 0 Å². The molecule has 0 radical (unpaired) electrons. The maximum atomic E-state index is 12.1. The van der Waals surface area contributed by atoms with E-state index in [-0.39, 0.29) is 5.91 Å². The van der Waals surface area contributed by atoms with Gasteiger partial charge in [-0.05, 0) is 61.4 Å². The Bertz CT molecular complexity index is 868. The Balaban J connectivity index is 1.33. The van der Waals surface area contributed by atoms with Crippen LogP contribution in [-0.4, -0.2) is 24.0 Å². The fourth-order valence-corrected chi connectivity index (χ4v) is 3.17. The van der Waals surface area contributed by atoms with Gasteiger partial charge in [-0.25, -0.2) is 4.98 Å². The molecule has 1 amide bonds. The first kappa shape index (κ1) is 17.1. The molecule has 1 aliphatic rings. The molecule has 0 aliphatic carbocycles. The molecule has 6 heteroatoms. The summed E-state index contributed by atoms with van der Waals surface area (Å²) in [5.41, 5.74) is 3.47. The van der Waals surface area contributed by atoms with Gasteiger partial charge in [0.1, 0.15) is 11.5 Å². The fourth-order valence-electron chi connectivity index (χ4n) is 3.17. The lowest BCUT2D eigenvalue weighted by atomic mass is 10.2. The monoisotopic (exact) mass is 362 g/mol. The Hall–Kier alpha value is -3.28. The SMILES string of the molecule is O=C(NCc1ccco1)c1ccc(Nc2ccc(N3CCCC3)cc2)cn1. The first-order valence-electron chi connectivity index (χ1n) is 9.16. The standard InChI is InChI=1S/C21H22N4O2/c26-21(23-15-19-4-3-13-27-19)20-10-7-17(14-22-20)24-16-5-8-18(9-6-16)25-11-1-2-12-25/h3-10,13-14,24H,1-2,11-12,15H2,(H,23,26). The van der Waals surface area contributed by atoms with Crippen molar-refractivity contribution in [1.29, 1.82) is 0 Å². The third-order valence-electron chi connectivity index (χ3n) is 4.63. The van der Waals surface area contributed by atoms with E-state index in [9.17, 15) is 4.79 Å². The Labute approximate surface area is 158 Å². The van der Waals surface area contributed by atoms with Gasteiger partial charge < -0.3 is 20.0 Å². The third kappa shape index (κ3) is 4.28. The number of hydrogen-bond donors (Lipinski definition) is 2. The number of aromatic nitrogens is 1. The van der Waals surface area contributed by atoms with Gasteiger partial charge in [0.05, 0.1) is 24.7 Å². The van der Waals surface area contributed by atoms with Crippen LogP contribution in [0.1, 0.15) is 29.1 Å². The van der Waals surface area contributed by atoms with Crippen molar-refractivity contribution < 1.29 is 9.21 Å². The zero-order valence-corrected chi connectivity index (χ0v) is 15.0. The summed E-state index contributed by atoms with van der Waals surface area (Å²) in [7, 11) is 0. The summed E-state index contributed by atoms with van der Waals surface area (Å²) in [6.07, 6.45) is 5.79. The molecule has 4 rings (SSSR count). The van der Waals surface area contributed by atoms with Crippen molar-refractivity contribution in [3.63, 3.8) is 0 Å². The molecule has 0 unspecified atom stereocenters. The van der Waals surface area contributed by atoms with Crippen LogP contribution in [0.25, 0.3) is 0 Å². The van der Waals surface area contributed by atoms with Gasteiger partial charge in [0.25, 0.3) is 5.91 Å². The molecule has 3 heterocycles. The smallest absolute Gasteiger partial charge is 0.270 e. The van der Waals surface area contributed by atoms with Crippen LogP contribution in [0.2, 0.25) is 0 Å². The summed E-state index contributed by atoms with van der Waals surface area (Å²) in [6, 6.07) is 15.6. The number of amides is 1. The highest BCUT2D eigenvalue weighted by Gasteiger charge is 2.12. The highest BCUT2D eigenvalue weighted by molar-refractivity contribution is 5.92. The lowest BCUT2D eigenvalue weighted by Crippen LogP contribution is -2.23. The molecule has 1 saturated heterocycles. The summed E-state index contributed by atoms with van der Waals surface area (Å²) >= 11 is 0. The number of carbonyl (C=O) groups is 1. The van der Waals surface area contributed by atoms with Crippen LogP contribution in [0.3, 0.4) is 0 Å². The lowest BCUT2D eigenvalue weighted by Gasteiger charge is -2.18. The van der Waals surface area contributed by atoms with Crippen molar-refractivity contribution in [2.24, 2.45) is 0 Å². The maximum Gasteiger partial charge on any atom is 0.270 e. The second kappa shape index (κ2) is 7.95. The largest absolute Gasteiger partial charge is 0.467 e. The molecule has 1 aliphatic heterocycles. The zero-order valence-electron chi connectivity index (χ0n) is 15.0. The van der Waals surface area contributed by atoms with Gasteiger partial charge in [-0.3, -0.25) is 4.79 Å². The Morgan fingerprint density at radius 1 is 1.04 bits per heavy atom. The van der Waals surface area contributed by atoms with Crippen LogP contribution in [0.5, 0.6) is 0 Å². The van der Waals surface area contributed by atoms with Gasteiger partial charge in [0.2, 0.25) is 0 Å². The van der Waals surface area contributed by atoms with E-state index in [0.29, 0.717) is 18.0 Å². The third-order valence-corrected chi connectivity index (χ3v) is 4.63. The molecular formula is C21H22N4O2. The van der Waals surface area contributed by atoms with Crippen molar-refractivity contribution >= 4 is 23.0 Å². The molecule has 138 valence electrons. The summed E-state index contributed by atoms with van der Waals surface area (Å²) in [5.74, 6) is 0.479. The minimum Gasteiger partial charge on any atom is -0.467 e. The van der Waals surface area contributed by atoms with Crippen LogP contribution >= 0.6 is 0 Å². The van der Waals surface area contributed by atoms with Gasteiger partial charge in [-0.2, -0.15) is 0 Å². The van der Waals surface area contributed by atoms with E-state index < -0.39 is 0 Å². The average molecular weight is 362 g/mol. The van der Waals surface area contributed by atoms with E-state index >= 15 is 0 Å². The average Bonchev–Trinajstić information content (AvgIpc) is 3.41. The maximum absolute atomic E-state index is 12.1. The van der Waals surface area contributed by atoms with Crippen molar-refractivity contribution in [3.05, 3.63) is 72.4 Å². The summed E-state index contributed by atoms with van der Waals surface area (Å²) in [5, 5.41) is 6.10. The number of carbonyl (C=O) groups excluding carboxylic acids is 1. The lowest BCUT2D eigenvalue weighted by molar-refractivity contribution is 0.0943. The van der Waals surface area contributed by atoms with Crippen LogP contribution in [0, 0.1) is 0 Å². The number of pyridine rings is 1. The highest BCUT2D eigenvalue weighted by Crippen LogP contribution is 2.23. The van der Waals surface area contributed by atoms with Crippen LogP contribution in [-0.2, 0) is 6.54 Å². The Kier molecular flexibility index (Phi) is 5.05. The van der Waals surface area contributed by atoms with Crippen LogP contribution in [0.15, 0.2) is 65.4 Å². The van der Waals surface area contributed by atoms with Gasteiger partial charge in [0, 0.05) is 24.5 Å². The quantitative estimate of drug-likeness (QED) is 0.695. The molecule has 1 fully saturated rings. The van der Waals surface area contributed by atoms with Crippen molar-refractivity contribution in [1.82, 2.24) is 10.3 Å². The number of anilines is 3.